The lowest BCUT2D eigenvalue weighted by atomic mass is 10.1. The number of nitrogens with one attached hydrogen (secondary N) is 1. The van der Waals surface area contributed by atoms with E-state index in [-0.39, 0.29) is 11.5 Å². The van der Waals surface area contributed by atoms with E-state index in [9.17, 15) is 9.18 Å². The average Bonchev–Trinajstić information content (AvgIpc) is 2.98. The van der Waals surface area contributed by atoms with Crippen LogP contribution in [0.25, 0.3) is 16.8 Å². The Morgan fingerprint density at radius 3 is 2.74 bits per heavy atom. The number of fused-ring (bicyclic) bond motifs is 1. The highest BCUT2D eigenvalue weighted by Gasteiger charge is 2.16. The van der Waals surface area contributed by atoms with Gasteiger partial charge in [0, 0.05) is 16.3 Å². The first-order valence-electron chi connectivity index (χ1n) is 8.14. The second kappa shape index (κ2) is 7.17. The molecule has 0 bridgehead atoms. The molecule has 5 nitrogen and oxygen atoms in total. The zero-order valence-corrected chi connectivity index (χ0v) is 15.8. The van der Waals surface area contributed by atoms with Gasteiger partial charge in [0.15, 0.2) is 10.8 Å². The van der Waals surface area contributed by atoms with Crippen LogP contribution in [0, 0.1) is 12.7 Å². The number of halogens is 2. The Bertz CT molecular complexity index is 1190. The standard InChI is InChI=1S/C19H14ClFN4OS/c1-11-16(13-5-7-14(20)8-6-13)17-22-18(23-19(26)25(17)24-11)27-10-12-3-2-4-15(21)9-12/h2-9H,10H2,1H3,(H,22,23,26). The van der Waals surface area contributed by atoms with Gasteiger partial charge in [0.1, 0.15) is 5.82 Å². The topological polar surface area (TPSA) is 63.1 Å². The fraction of sp³-hybridized carbons (Fsp3) is 0.105. The van der Waals surface area contributed by atoms with Crippen LogP contribution in [0.5, 0.6) is 0 Å². The second-order valence-corrected chi connectivity index (χ2v) is 7.37. The van der Waals surface area contributed by atoms with Gasteiger partial charge in [0.05, 0.1) is 5.69 Å². The minimum absolute atomic E-state index is 0.290. The van der Waals surface area contributed by atoms with Crippen molar-refractivity contribution >= 4 is 29.0 Å². The summed E-state index contributed by atoms with van der Waals surface area (Å²) in [4.78, 5) is 19.7. The van der Waals surface area contributed by atoms with Crippen molar-refractivity contribution in [3.8, 4) is 11.1 Å². The molecule has 0 aliphatic carbocycles. The van der Waals surface area contributed by atoms with Gasteiger partial charge in [-0.3, -0.25) is 4.98 Å². The van der Waals surface area contributed by atoms with Gasteiger partial charge in [-0.1, -0.05) is 47.6 Å². The van der Waals surface area contributed by atoms with E-state index in [1.54, 1.807) is 18.2 Å². The van der Waals surface area contributed by atoms with E-state index in [4.69, 9.17) is 11.6 Å². The minimum atomic E-state index is -0.370. The number of thioether (sulfide) groups is 1. The van der Waals surface area contributed by atoms with E-state index in [2.05, 4.69) is 15.1 Å². The Kier molecular flexibility index (Phi) is 4.72. The number of hydrogen-bond acceptors (Lipinski definition) is 4. The number of rotatable bonds is 4. The monoisotopic (exact) mass is 400 g/mol. The van der Waals surface area contributed by atoms with E-state index in [0.717, 1.165) is 16.7 Å². The van der Waals surface area contributed by atoms with Crippen LogP contribution in [0.2, 0.25) is 5.02 Å². The van der Waals surface area contributed by atoms with E-state index < -0.39 is 0 Å². The molecule has 0 spiro atoms. The van der Waals surface area contributed by atoms with Gasteiger partial charge < -0.3 is 0 Å². The molecule has 2 aromatic heterocycles. The summed E-state index contributed by atoms with van der Waals surface area (Å²) in [7, 11) is 0. The number of H-pyrrole nitrogens is 1. The van der Waals surface area contributed by atoms with Crippen LogP contribution < -0.4 is 5.69 Å². The van der Waals surface area contributed by atoms with Gasteiger partial charge in [-0.2, -0.15) is 9.61 Å². The molecule has 0 saturated heterocycles. The number of aryl methyl sites for hydroxylation is 1. The molecule has 4 rings (SSSR count). The van der Waals surface area contributed by atoms with Gasteiger partial charge in [-0.25, -0.2) is 14.2 Å². The maximum Gasteiger partial charge on any atom is 0.350 e. The summed E-state index contributed by atoms with van der Waals surface area (Å²) in [5.74, 6) is 0.196. The molecule has 1 N–H and O–H groups in total. The van der Waals surface area contributed by atoms with Crippen LogP contribution in [-0.4, -0.2) is 19.6 Å². The van der Waals surface area contributed by atoms with Crippen molar-refractivity contribution in [1.29, 1.82) is 0 Å². The SMILES string of the molecule is Cc1nn2c(=O)[nH]c(SCc3cccc(F)c3)nc2c1-c1ccc(Cl)cc1. The van der Waals surface area contributed by atoms with Crippen molar-refractivity contribution in [2.45, 2.75) is 17.8 Å². The van der Waals surface area contributed by atoms with Crippen molar-refractivity contribution in [2.24, 2.45) is 0 Å². The van der Waals surface area contributed by atoms with Crippen LogP contribution in [0.15, 0.2) is 58.5 Å². The van der Waals surface area contributed by atoms with Gasteiger partial charge >= 0.3 is 5.69 Å². The van der Waals surface area contributed by atoms with E-state index >= 15 is 0 Å². The van der Waals surface area contributed by atoms with Crippen LogP contribution in [0.1, 0.15) is 11.3 Å². The predicted octanol–water partition coefficient (Wildman–Crippen LogP) is 4.48. The fourth-order valence-electron chi connectivity index (χ4n) is 2.83. The molecule has 2 heterocycles. The van der Waals surface area contributed by atoms with E-state index in [1.165, 1.54) is 28.4 Å². The van der Waals surface area contributed by atoms with Gasteiger partial charge in [0.2, 0.25) is 0 Å². The molecule has 8 heteroatoms. The van der Waals surface area contributed by atoms with E-state index in [1.807, 2.05) is 25.1 Å². The summed E-state index contributed by atoms with van der Waals surface area (Å²) in [6, 6.07) is 13.7. The normalized spacial score (nSPS) is 11.2. The lowest BCUT2D eigenvalue weighted by molar-refractivity contribution is 0.626. The Morgan fingerprint density at radius 2 is 2.00 bits per heavy atom. The first-order chi connectivity index (χ1) is 13.0. The molecule has 0 aliphatic heterocycles. The third-order valence-electron chi connectivity index (χ3n) is 4.05. The smallest absolute Gasteiger partial charge is 0.285 e. The van der Waals surface area contributed by atoms with Crippen LogP contribution in [0.4, 0.5) is 4.39 Å². The molecule has 0 fully saturated rings. The van der Waals surface area contributed by atoms with Crippen molar-refractivity contribution in [3.05, 3.63) is 81.1 Å². The molecule has 0 atom stereocenters. The van der Waals surface area contributed by atoms with Crippen molar-refractivity contribution < 1.29 is 4.39 Å². The summed E-state index contributed by atoms with van der Waals surface area (Å²) in [6.07, 6.45) is 0. The number of aromatic nitrogens is 4. The van der Waals surface area contributed by atoms with Crippen LogP contribution >= 0.6 is 23.4 Å². The van der Waals surface area contributed by atoms with Gasteiger partial charge in [0.25, 0.3) is 0 Å². The number of benzene rings is 2. The molecule has 2 aromatic carbocycles. The highest BCUT2D eigenvalue weighted by molar-refractivity contribution is 7.98. The quantitative estimate of drug-likeness (QED) is 0.513. The maximum absolute atomic E-state index is 13.3. The summed E-state index contributed by atoms with van der Waals surface area (Å²) in [5.41, 5.74) is 3.27. The van der Waals surface area contributed by atoms with E-state index in [0.29, 0.717) is 27.3 Å². The van der Waals surface area contributed by atoms with Crippen LogP contribution in [0.3, 0.4) is 0 Å². The molecule has 4 aromatic rings. The third kappa shape index (κ3) is 3.61. The molecular formula is C19H14ClFN4OS. The molecule has 136 valence electrons. The first-order valence-corrected chi connectivity index (χ1v) is 9.50. The Hall–Kier alpha value is -2.64. The molecular weight excluding hydrogens is 387 g/mol. The predicted molar refractivity (Wildman–Crippen MR) is 105 cm³/mol. The zero-order chi connectivity index (χ0) is 19.0. The highest BCUT2D eigenvalue weighted by atomic mass is 35.5. The van der Waals surface area contributed by atoms with Crippen molar-refractivity contribution in [2.75, 3.05) is 0 Å². The molecule has 0 saturated carbocycles. The van der Waals surface area contributed by atoms with Crippen molar-refractivity contribution in [1.82, 2.24) is 19.6 Å². The number of nitrogens with zero attached hydrogens (tertiary/aromatic N) is 3. The number of aromatic amines is 1. The van der Waals surface area contributed by atoms with Gasteiger partial charge in [-0.15, -0.1) is 0 Å². The highest BCUT2D eigenvalue weighted by Crippen LogP contribution is 2.28. The first kappa shape index (κ1) is 17.8. The number of hydrogen-bond donors (Lipinski definition) is 1. The zero-order valence-electron chi connectivity index (χ0n) is 14.2. The second-order valence-electron chi connectivity index (χ2n) is 5.97. The van der Waals surface area contributed by atoms with Gasteiger partial charge in [-0.05, 0) is 42.3 Å². The Labute approximate surface area is 163 Å². The lowest BCUT2D eigenvalue weighted by Gasteiger charge is -2.04. The Balaban J connectivity index is 1.74. The third-order valence-corrected chi connectivity index (χ3v) is 5.24. The summed E-state index contributed by atoms with van der Waals surface area (Å²) >= 11 is 7.30. The maximum atomic E-state index is 13.3. The molecule has 0 aliphatic rings. The molecule has 0 amide bonds. The molecule has 0 unspecified atom stereocenters. The average molecular weight is 401 g/mol. The van der Waals surface area contributed by atoms with Crippen LogP contribution in [-0.2, 0) is 5.75 Å². The largest absolute Gasteiger partial charge is 0.350 e. The summed E-state index contributed by atoms with van der Waals surface area (Å²) in [5, 5.41) is 5.38. The minimum Gasteiger partial charge on any atom is -0.285 e. The molecule has 0 radical (unpaired) electrons. The summed E-state index contributed by atoms with van der Waals surface area (Å²) in [6.45, 7) is 1.83. The lowest BCUT2D eigenvalue weighted by Crippen LogP contribution is -2.19. The fourth-order valence-corrected chi connectivity index (χ4v) is 3.75. The molecule has 27 heavy (non-hydrogen) atoms. The Morgan fingerprint density at radius 1 is 1.22 bits per heavy atom. The summed E-state index contributed by atoms with van der Waals surface area (Å²) < 4.78 is 14.6. The van der Waals surface area contributed by atoms with Crippen molar-refractivity contribution in [3.63, 3.8) is 0 Å².